The van der Waals surface area contributed by atoms with Crippen molar-refractivity contribution in [2.45, 2.75) is 50.7 Å². The number of hydrogen-bond acceptors (Lipinski definition) is 3. The van der Waals surface area contributed by atoms with Gasteiger partial charge in [0.2, 0.25) is 0 Å². The van der Waals surface area contributed by atoms with Crippen LogP contribution in [-0.2, 0) is 4.74 Å². The first-order valence-electron chi connectivity index (χ1n) is 8.31. The number of nitrogens with one attached hydrogen (secondary N) is 2. The zero-order valence-electron chi connectivity index (χ0n) is 13.3. The molecule has 0 spiro atoms. The number of urea groups is 1. The Kier molecular flexibility index (Phi) is 3.49. The van der Waals surface area contributed by atoms with Crippen LogP contribution in [0.2, 0.25) is 0 Å². The summed E-state index contributed by atoms with van der Waals surface area (Å²) >= 11 is 0. The second-order valence-corrected chi connectivity index (χ2v) is 6.65. The minimum atomic E-state index is -0.163. The molecule has 0 bridgehead atoms. The van der Waals surface area contributed by atoms with E-state index in [0.717, 1.165) is 49.3 Å². The monoisotopic (exact) mass is 314 g/mol. The Morgan fingerprint density at radius 3 is 3.04 bits per heavy atom. The van der Waals surface area contributed by atoms with E-state index in [2.05, 4.69) is 15.6 Å². The van der Waals surface area contributed by atoms with Crippen molar-refractivity contribution in [2.24, 2.45) is 0 Å². The van der Waals surface area contributed by atoms with Gasteiger partial charge in [0.1, 0.15) is 5.65 Å². The Labute approximate surface area is 135 Å². The number of fused-ring (bicyclic) bond motifs is 1. The SMILES string of the molecule is Cc1cn2ccc(NC(=O)NC3(C4CCCCO4)CC3)cc2n1. The Morgan fingerprint density at radius 2 is 2.30 bits per heavy atom. The first-order chi connectivity index (χ1) is 11.1. The summed E-state index contributed by atoms with van der Waals surface area (Å²) in [6, 6.07) is 3.59. The van der Waals surface area contributed by atoms with Crippen LogP contribution in [0.4, 0.5) is 10.5 Å². The number of anilines is 1. The molecule has 1 saturated heterocycles. The van der Waals surface area contributed by atoms with Gasteiger partial charge in [0, 0.05) is 30.8 Å². The standard InChI is InChI=1S/C17H22N4O2/c1-12-11-21-8-5-13(10-15(21)18-12)19-16(22)20-17(6-7-17)14-4-2-3-9-23-14/h5,8,10-11,14H,2-4,6-7,9H2,1H3,(H2,19,20,22). The van der Waals surface area contributed by atoms with E-state index in [0.29, 0.717) is 0 Å². The Bertz CT molecular complexity index is 729. The topological polar surface area (TPSA) is 67.7 Å². The highest BCUT2D eigenvalue weighted by Gasteiger charge is 2.51. The fourth-order valence-corrected chi connectivity index (χ4v) is 3.41. The maximum Gasteiger partial charge on any atom is 0.319 e. The molecule has 1 atom stereocenters. The fraction of sp³-hybridized carbons (Fsp3) is 0.529. The summed E-state index contributed by atoms with van der Waals surface area (Å²) in [7, 11) is 0. The summed E-state index contributed by atoms with van der Waals surface area (Å²) < 4.78 is 7.80. The van der Waals surface area contributed by atoms with Gasteiger partial charge in [-0.05, 0) is 45.1 Å². The number of carbonyl (C=O) groups is 1. The Morgan fingerprint density at radius 1 is 1.43 bits per heavy atom. The lowest BCUT2D eigenvalue weighted by atomic mass is 10.0. The highest BCUT2D eigenvalue weighted by atomic mass is 16.5. The van der Waals surface area contributed by atoms with Crippen molar-refractivity contribution in [1.82, 2.24) is 14.7 Å². The van der Waals surface area contributed by atoms with Crippen molar-refractivity contribution in [3.63, 3.8) is 0 Å². The van der Waals surface area contributed by atoms with Crippen LogP contribution < -0.4 is 10.6 Å². The Balaban J connectivity index is 1.42. The predicted molar refractivity (Wildman–Crippen MR) is 87.6 cm³/mol. The minimum absolute atomic E-state index is 0.154. The summed E-state index contributed by atoms with van der Waals surface area (Å²) in [5.41, 5.74) is 2.38. The zero-order chi connectivity index (χ0) is 15.9. The molecule has 1 saturated carbocycles. The quantitative estimate of drug-likeness (QED) is 0.915. The van der Waals surface area contributed by atoms with Crippen molar-refractivity contribution in [1.29, 1.82) is 0 Å². The molecule has 1 aliphatic carbocycles. The molecular formula is C17H22N4O2. The third-order valence-electron chi connectivity index (χ3n) is 4.79. The van der Waals surface area contributed by atoms with Crippen molar-refractivity contribution >= 4 is 17.4 Å². The molecule has 6 heteroatoms. The highest BCUT2D eigenvalue weighted by molar-refractivity contribution is 5.90. The van der Waals surface area contributed by atoms with Crippen LogP contribution in [0.3, 0.4) is 0 Å². The van der Waals surface area contributed by atoms with E-state index >= 15 is 0 Å². The van der Waals surface area contributed by atoms with Gasteiger partial charge in [0.15, 0.2) is 0 Å². The van der Waals surface area contributed by atoms with Gasteiger partial charge in [-0.25, -0.2) is 9.78 Å². The molecule has 122 valence electrons. The van der Waals surface area contributed by atoms with Crippen LogP contribution in [0.15, 0.2) is 24.5 Å². The van der Waals surface area contributed by atoms with E-state index in [9.17, 15) is 4.79 Å². The second kappa shape index (κ2) is 5.53. The summed E-state index contributed by atoms with van der Waals surface area (Å²) in [5.74, 6) is 0. The van der Waals surface area contributed by atoms with Crippen LogP contribution in [-0.4, -0.2) is 33.7 Å². The van der Waals surface area contributed by atoms with Gasteiger partial charge in [0.25, 0.3) is 0 Å². The van der Waals surface area contributed by atoms with Crippen LogP contribution in [0, 0.1) is 6.92 Å². The third-order valence-corrected chi connectivity index (χ3v) is 4.79. The number of pyridine rings is 1. The molecule has 1 aliphatic heterocycles. The first-order valence-corrected chi connectivity index (χ1v) is 8.31. The smallest absolute Gasteiger partial charge is 0.319 e. The average molecular weight is 314 g/mol. The molecule has 2 N–H and O–H groups in total. The number of aryl methyl sites for hydroxylation is 1. The van der Waals surface area contributed by atoms with E-state index in [4.69, 9.17) is 4.74 Å². The van der Waals surface area contributed by atoms with Gasteiger partial charge in [-0.1, -0.05) is 0 Å². The van der Waals surface area contributed by atoms with Gasteiger partial charge in [-0.15, -0.1) is 0 Å². The molecule has 0 aromatic carbocycles. The van der Waals surface area contributed by atoms with Crippen LogP contribution in [0.25, 0.3) is 5.65 Å². The average Bonchev–Trinajstić information content (AvgIpc) is 3.22. The van der Waals surface area contributed by atoms with E-state index < -0.39 is 0 Å². The fourth-order valence-electron chi connectivity index (χ4n) is 3.41. The molecule has 6 nitrogen and oxygen atoms in total. The van der Waals surface area contributed by atoms with Crippen molar-refractivity contribution in [2.75, 3.05) is 11.9 Å². The number of imidazole rings is 1. The van der Waals surface area contributed by atoms with Gasteiger partial charge in [-0.2, -0.15) is 0 Å². The molecule has 23 heavy (non-hydrogen) atoms. The lowest BCUT2D eigenvalue weighted by Gasteiger charge is -2.31. The van der Waals surface area contributed by atoms with Gasteiger partial charge >= 0.3 is 6.03 Å². The zero-order valence-corrected chi connectivity index (χ0v) is 13.3. The van der Waals surface area contributed by atoms with E-state index in [1.54, 1.807) is 0 Å². The summed E-state index contributed by atoms with van der Waals surface area (Å²) in [6.07, 6.45) is 9.39. The van der Waals surface area contributed by atoms with Gasteiger partial charge in [0.05, 0.1) is 17.3 Å². The normalized spacial score (nSPS) is 22.7. The maximum atomic E-state index is 12.3. The number of hydrogen-bond donors (Lipinski definition) is 2. The van der Waals surface area contributed by atoms with E-state index in [1.807, 2.05) is 35.9 Å². The molecular weight excluding hydrogens is 292 g/mol. The number of nitrogens with zero attached hydrogens (tertiary/aromatic N) is 2. The van der Waals surface area contributed by atoms with Gasteiger partial charge in [-0.3, -0.25) is 0 Å². The lowest BCUT2D eigenvalue weighted by Crippen LogP contribution is -2.49. The number of carbonyl (C=O) groups excluding carboxylic acids is 1. The minimum Gasteiger partial charge on any atom is -0.376 e. The number of amides is 2. The van der Waals surface area contributed by atoms with Crippen LogP contribution in [0.1, 0.15) is 37.8 Å². The Hall–Kier alpha value is -2.08. The molecule has 1 unspecified atom stereocenters. The molecule has 2 aromatic rings. The number of aromatic nitrogens is 2. The summed E-state index contributed by atoms with van der Waals surface area (Å²) in [5, 5.41) is 6.06. The number of ether oxygens (including phenoxy) is 1. The van der Waals surface area contributed by atoms with Crippen LogP contribution in [0.5, 0.6) is 0 Å². The molecule has 2 amide bonds. The van der Waals surface area contributed by atoms with Crippen molar-refractivity contribution < 1.29 is 9.53 Å². The molecule has 2 fully saturated rings. The maximum absolute atomic E-state index is 12.3. The molecule has 0 radical (unpaired) electrons. The molecule has 4 rings (SSSR count). The van der Waals surface area contributed by atoms with Crippen molar-refractivity contribution in [3.8, 4) is 0 Å². The van der Waals surface area contributed by atoms with E-state index in [-0.39, 0.29) is 17.7 Å². The summed E-state index contributed by atoms with van der Waals surface area (Å²) in [6.45, 7) is 2.76. The molecule has 2 aromatic heterocycles. The number of rotatable bonds is 3. The molecule has 2 aliphatic rings. The molecule has 3 heterocycles. The van der Waals surface area contributed by atoms with Crippen molar-refractivity contribution in [3.05, 3.63) is 30.2 Å². The summed E-state index contributed by atoms with van der Waals surface area (Å²) in [4.78, 5) is 16.8. The van der Waals surface area contributed by atoms with Gasteiger partial charge < -0.3 is 19.8 Å². The first kappa shape index (κ1) is 14.5. The van der Waals surface area contributed by atoms with Crippen LogP contribution >= 0.6 is 0 Å². The second-order valence-electron chi connectivity index (χ2n) is 6.65. The van der Waals surface area contributed by atoms with E-state index in [1.165, 1.54) is 6.42 Å². The largest absolute Gasteiger partial charge is 0.376 e. The predicted octanol–water partition coefficient (Wildman–Crippen LogP) is 2.87. The lowest BCUT2D eigenvalue weighted by molar-refractivity contribution is -0.0119. The third kappa shape index (κ3) is 2.91. The highest BCUT2D eigenvalue weighted by Crippen LogP contribution is 2.43.